The van der Waals surface area contributed by atoms with Gasteiger partial charge in [-0.3, -0.25) is 28.8 Å². The van der Waals surface area contributed by atoms with Gasteiger partial charge in [0.1, 0.15) is 18.3 Å². The van der Waals surface area contributed by atoms with Crippen molar-refractivity contribution in [2.24, 2.45) is 0 Å². The first-order chi connectivity index (χ1) is 46.8. The zero-order valence-electron chi connectivity index (χ0n) is 63.9. The van der Waals surface area contributed by atoms with E-state index in [0.29, 0.717) is 57.8 Å². The molecule has 1 aliphatic carbocycles. The molecule has 564 valence electrons. The number of hydrogen-bond acceptors (Lipinski definition) is 12. The van der Waals surface area contributed by atoms with Crippen LogP contribution in [0, 0.1) is 0 Å². The highest BCUT2D eigenvalue weighted by Gasteiger charge is 2.87. The maximum absolute atomic E-state index is 16.7. The van der Waals surface area contributed by atoms with Gasteiger partial charge in [-0.25, -0.2) is 0 Å². The van der Waals surface area contributed by atoms with Crippen LogP contribution in [0.4, 0.5) is 0 Å². The van der Waals surface area contributed by atoms with E-state index in [1.165, 1.54) is 116 Å². The number of carbonyl (C=O) groups excluding carboxylic acids is 6. The summed E-state index contributed by atoms with van der Waals surface area (Å²) < 4.78 is 20.1. The molecule has 3 N–H and O–H groups in total. The Morgan fingerprint density at radius 3 is 0.573 bits per heavy atom. The van der Waals surface area contributed by atoms with Crippen LogP contribution < -0.4 is 0 Å². The number of aliphatic hydroxyl groups excluding tert-OH is 3. The normalized spacial score (nSPS) is 19.4. The van der Waals surface area contributed by atoms with Crippen LogP contribution in [-0.4, -0.2) is 85.7 Å². The number of carbonyl (C=O) groups is 6. The number of aliphatic hydroxyl groups is 3. The lowest BCUT2D eigenvalue weighted by Crippen LogP contribution is -2.91. The zero-order valence-corrected chi connectivity index (χ0v) is 63.9. The maximum atomic E-state index is 16.7. The Labute approximate surface area is 591 Å². The first kappa shape index (κ1) is 91.3. The number of Topliss-reactive ketones (excluding diaryl/α,β-unsaturated/α-hetero) is 3. The van der Waals surface area contributed by atoms with E-state index >= 15 is 28.8 Å². The molecule has 0 heterocycles. The third-order valence-electron chi connectivity index (χ3n) is 21.0. The topological polar surface area (TPSA) is 191 Å². The minimum absolute atomic E-state index is 0.200. The van der Waals surface area contributed by atoms with Gasteiger partial charge in [0.15, 0.2) is 17.3 Å². The van der Waals surface area contributed by atoms with Gasteiger partial charge >= 0.3 is 17.9 Å². The molecule has 1 aliphatic rings. The predicted molar refractivity (Wildman–Crippen MR) is 398 cm³/mol. The number of hydrogen-bond donors (Lipinski definition) is 3. The molecular weight excluding hydrogens is 1200 g/mol. The summed E-state index contributed by atoms with van der Waals surface area (Å²) in [6.45, 7) is 13.2. The molecule has 1 fully saturated rings. The second kappa shape index (κ2) is 62.1. The molecule has 1 rings (SSSR count). The van der Waals surface area contributed by atoms with Crippen LogP contribution >= 0.6 is 0 Å². The van der Waals surface area contributed by atoms with Crippen LogP contribution in [0.5, 0.6) is 0 Å². The summed E-state index contributed by atoms with van der Waals surface area (Å²) in [6, 6.07) is 0. The van der Waals surface area contributed by atoms with Crippen LogP contribution in [-0.2, 0) is 43.0 Å². The van der Waals surface area contributed by atoms with Crippen molar-refractivity contribution in [3.8, 4) is 0 Å². The molecule has 0 spiro atoms. The molecule has 0 aromatic heterocycles. The Bertz CT molecular complexity index is 1790. The van der Waals surface area contributed by atoms with E-state index in [1.807, 2.05) is 0 Å². The zero-order chi connectivity index (χ0) is 70.5. The summed E-state index contributed by atoms with van der Waals surface area (Å²) in [6.07, 6.45) is 47.7. The average Bonchev–Trinajstić information content (AvgIpc) is 0.668. The van der Waals surface area contributed by atoms with Crippen molar-refractivity contribution in [3.05, 3.63) is 0 Å². The Morgan fingerprint density at radius 2 is 0.375 bits per heavy atom. The summed E-state index contributed by atoms with van der Waals surface area (Å²) in [7, 11) is 0. The minimum Gasteiger partial charge on any atom is -0.443 e. The van der Waals surface area contributed by atoms with Crippen molar-refractivity contribution < 1.29 is 58.3 Å². The van der Waals surface area contributed by atoms with E-state index in [1.54, 1.807) is 0 Å². The summed E-state index contributed by atoms with van der Waals surface area (Å²) in [4.78, 5) is 95.2. The third-order valence-corrected chi connectivity index (χ3v) is 21.0. The van der Waals surface area contributed by atoms with Gasteiger partial charge in [0, 0.05) is 38.5 Å². The quantitative estimate of drug-likeness (QED) is 0.0297. The highest BCUT2D eigenvalue weighted by molar-refractivity contribution is 6.10. The molecule has 12 nitrogen and oxygen atoms in total. The van der Waals surface area contributed by atoms with Crippen LogP contribution in [0.3, 0.4) is 0 Å². The van der Waals surface area contributed by atoms with E-state index in [0.717, 1.165) is 193 Å². The van der Waals surface area contributed by atoms with Crippen LogP contribution in [0.1, 0.15) is 465 Å². The third kappa shape index (κ3) is 37.8. The summed E-state index contributed by atoms with van der Waals surface area (Å²) in [5, 5.41) is 39.2. The Morgan fingerprint density at radius 1 is 0.219 bits per heavy atom. The van der Waals surface area contributed by atoms with Gasteiger partial charge in [-0.1, -0.05) is 388 Å². The Balaban J connectivity index is 4.36. The van der Waals surface area contributed by atoms with Crippen molar-refractivity contribution in [3.63, 3.8) is 0 Å². The van der Waals surface area contributed by atoms with Crippen molar-refractivity contribution in [1.29, 1.82) is 0 Å². The fourth-order valence-corrected chi connectivity index (χ4v) is 14.9. The first-order valence-corrected chi connectivity index (χ1v) is 42.1. The molecule has 0 aromatic rings. The number of rotatable bonds is 72. The SMILES string of the molecule is CCCCCCCCCCCCC(=O)O[C@@]1(C(=O)CCCCCCCCCCCC)[C@@](OC(=O)CCCCCCCCCCCC)(C(=O)CCCCCCCCCCCC)[C@@H](O)[C@H](O)[C@@H](O)[C@@]1(OC(=O)CCCCCCCCCCCC)C(=O)CCCCCCCCCCCC. The van der Waals surface area contributed by atoms with Crippen molar-refractivity contribution in [2.45, 2.75) is 500 Å². The van der Waals surface area contributed by atoms with Gasteiger partial charge in [-0.15, -0.1) is 0 Å². The van der Waals surface area contributed by atoms with Crippen molar-refractivity contribution in [2.75, 3.05) is 0 Å². The minimum atomic E-state index is -3.43. The fourth-order valence-electron chi connectivity index (χ4n) is 14.9. The molecule has 0 amide bonds. The Kier molecular flexibility index (Phi) is 59.1. The predicted octanol–water partition coefficient (Wildman–Crippen LogP) is 23.5. The van der Waals surface area contributed by atoms with Gasteiger partial charge < -0.3 is 29.5 Å². The summed E-state index contributed by atoms with van der Waals surface area (Å²) in [5.41, 5.74) is -10.1. The van der Waals surface area contributed by atoms with Crippen LogP contribution in [0.15, 0.2) is 0 Å². The van der Waals surface area contributed by atoms with E-state index in [4.69, 9.17) is 14.2 Å². The lowest BCUT2D eigenvalue weighted by Gasteiger charge is -2.61. The highest BCUT2D eigenvalue weighted by Crippen LogP contribution is 2.55. The molecule has 0 aromatic carbocycles. The molecule has 0 bridgehead atoms. The maximum Gasteiger partial charge on any atom is 0.307 e. The van der Waals surface area contributed by atoms with Crippen molar-refractivity contribution in [1.82, 2.24) is 0 Å². The van der Waals surface area contributed by atoms with Crippen molar-refractivity contribution >= 4 is 35.3 Å². The monoisotopic (exact) mass is 1360 g/mol. The van der Waals surface area contributed by atoms with E-state index in [2.05, 4.69) is 41.5 Å². The van der Waals surface area contributed by atoms with Gasteiger partial charge in [0.2, 0.25) is 11.2 Å². The van der Waals surface area contributed by atoms with Crippen LogP contribution in [0.2, 0.25) is 0 Å². The molecule has 0 unspecified atom stereocenters. The molecule has 0 saturated heterocycles. The largest absolute Gasteiger partial charge is 0.443 e. The van der Waals surface area contributed by atoms with Gasteiger partial charge in [-0.05, 0) is 38.5 Å². The van der Waals surface area contributed by atoms with Crippen LogP contribution in [0.25, 0.3) is 0 Å². The summed E-state index contributed by atoms with van der Waals surface area (Å²) >= 11 is 0. The second-order valence-electron chi connectivity index (χ2n) is 29.8. The fraction of sp³-hybridized carbons (Fsp3) is 0.929. The van der Waals surface area contributed by atoms with Gasteiger partial charge in [0.25, 0.3) is 5.60 Å². The molecule has 0 aliphatic heterocycles. The lowest BCUT2D eigenvalue weighted by atomic mass is 9.53. The number of ketones is 3. The molecule has 12 heteroatoms. The number of ether oxygens (including phenoxy) is 3. The Hall–Kier alpha value is -2.70. The lowest BCUT2D eigenvalue weighted by molar-refractivity contribution is -0.324. The molecule has 0 radical (unpaired) electrons. The van der Waals surface area contributed by atoms with E-state index < -0.39 is 76.8 Å². The number of esters is 3. The first-order valence-electron chi connectivity index (χ1n) is 42.1. The smallest absolute Gasteiger partial charge is 0.307 e. The van der Waals surface area contributed by atoms with Gasteiger partial charge in [-0.2, -0.15) is 0 Å². The summed E-state index contributed by atoms with van der Waals surface area (Å²) in [5.74, 6) is -6.05. The molecule has 96 heavy (non-hydrogen) atoms. The molecule has 1 saturated carbocycles. The van der Waals surface area contributed by atoms with E-state index in [9.17, 15) is 15.3 Å². The number of unbranched alkanes of at least 4 members (excludes halogenated alkanes) is 54. The van der Waals surface area contributed by atoms with Gasteiger partial charge in [0.05, 0.1) is 0 Å². The second-order valence-corrected chi connectivity index (χ2v) is 29.8. The molecular formula is C84H156O12. The highest BCUT2D eigenvalue weighted by atomic mass is 16.7. The standard InChI is InChI=1S/C84H156O12/c1-7-13-19-25-31-37-43-49-55-61-67-73(85)82(94-76(88)70-64-58-52-46-40-34-28-22-16-10-4)80(92)79(91)81(93)83(74(86)68-62-56-50-44-38-32-26-20-14-8-2,95-77(89)71-65-59-53-47-41-35-29-23-17-11-5)84(82,75(87)69-63-57-51-45-39-33-27-21-15-9-3)96-78(90)72-66-60-54-48-42-36-30-24-18-12-6/h79-81,91-93H,7-72H2,1-6H3/t79-,80-,81+,82+,83-,84-. The molecule has 6 atom stereocenters. The average molecular weight is 1360 g/mol. The van der Waals surface area contributed by atoms with E-state index in [-0.39, 0.29) is 51.4 Å².